The van der Waals surface area contributed by atoms with Crippen LogP contribution in [0.1, 0.15) is 26.3 Å². The van der Waals surface area contributed by atoms with Crippen molar-refractivity contribution in [1.29, 1.82) is 0 Å². The fraction of sp³-hybridized carbons (Fsp3) is 0.500. The van der Waals surface area contributed by atoms with Gasteiger partial charge in [0, 0.05) is 19.2 Å². The maximum Gasteiger partial charge on any atom is 0.244 e. The van der Waals surface area contributed by atoms with Gasteiger partial charge < -0.3 is 20.3 Å². The van der Waals surface area contributed by atoms with E-state index in [9.17, 15) is 9.59 Å². The van der Waals surface area contributed by atoms with Gasteiger partial charge in [-0.15, -0.1) is 0 Å². The molecule has 1 unspecified atom stereocenters. The number of carbonyl (C=O) groups excluding carboxylic acids is 2. The standard InChI is InChI=1S/C20H31N3O3/c1-15(19(25)21-13-20(2,3)14-23(4)5)22-18(24)12-9-16-7-10-17(26-6)11-8-16/h7-12,15H,13-14H2,1-6H3,(H,21,25)(H,22,24)/b12-9+. The number of hydrogen-bond acceptors (Lipinski definition) is 4. The van der Waals surface area contributed by atoms with Crippen molar-refractivity contribution in [3.05, 3.63) is 35.9 Å². The van der Waals surface area contributed by atoms with Gasteiger partial charge in [0.2, 0.25) is 11.8 Å². The molecule has 1 aromatic rings. The van der Waals surface area contributed by atoms with E-state index in [1.54, 1.807) is 20.1 Å². The van der Waals surface area contributed by atoms with Crippen molar-refractivity contribution in [1.82, 2.24) is 15.5 Å². The van der Waals surface area contributed by atoms with Crippen LogP contribution in [-0.2, 0) is 9.59 Å². The maximum absolute atomic E-state index is 12.2. The van der Waals surface area contributed by atoms with Crippen LogP contribution < -0.4 is 15.4 Å². The van der Waals surface area contributed by atoms with Crippen molar-refractivity contribution in [2.75, 3.05) is 34.3 Å². The Bertz CT molecular complexity index is 622. The van der Waals surface area contributed by atoms with E-state index in [0.29, 0.717) is 6.54 Å². The highest BCUT2D eigenvalue weighted by Gasteiger charge is 2.22. The lowest BCUT2D eigenvalue weighted by Crippen LogP contribution is -2.48. The molecule has 6 nitrogen and oxygen atoms in total. The van der Waals surface area contributed by atoms with Gasteiger partial charge in [0.25, 0.3) is 0 Å². The third-order valence-electron chi connectivity index (χ3n) is 3.78. The molecule has 0 radical (unpaired) electrons. The molecule has 0 aromatic heterocycles. The molecule has 26 heavy (non-hydrogen) atoms. The molecule has 0 spiro atoms. The first kappa shape index (κ1) is 21.7. The van der Waals surface area contributed by atoms with Crippen molar-refractivity contribution in [3.8, 4) is 5.75 Å². The van der Waals surface area contributed by atoms with E-state index in [4.69, 9.17) is 4.74 Å². The fourth-order valence-corrected chi connectivity index (χ4v) is 2.61. The summed E-state index contributed by atoms with van der Waals surface area (Å²) in [5.74, 6) is 0.258. The number of benzene rings is 1. The molecule has 1 rings (SSSR count). The first-order chi connectivity index (χ1) is 12.1. The number of rotatable bonds is 9. The minimum atomic E-state index is -0.599. The van der Waals surface area contributed by atoms with Crippen LogP contribution in [0, 0.1) is 5.41 Å². The molecule has 0 aliphatic heterocycles. The Kier molecular flexibility index (Phi) is 8.32. The van der Waals surface area contributed by atoms with Crippen LogP contribution in [-0.4, -0.2) is 57.1 Å². The summed E-state index contributed by atoms with van der Waals surface area (Å²) < 4.78 is 5.09. The number of methoxy groups -OCH3 is 1. The van der Waals surface area contributed by atoms with E-state index in [-0.39, 0.29) is 17.2 Å². The number of ether oxygens (including phenoxy) is 1. The van der Waals surface area contributed by atoms with E-state index in [1.165, 1.54) is 6.08 Å². The summed E-state index contributed by atoms with van der Waals surface area (Å²) in [5, 5.41) is 5.58. The Labute approximate surface area is 156 Å². The molecule has 144 valence electrons. The van der Waals surface area contributed by atoms with E-state index in [0.717, 1.165) is 17.9 Å². The fourth-order valence-electron chi connectivity index (χ4n) is 2.61. The third kappa shape index (κ3) is 8.16. The second-order valence-electron chi connectivity index (χ2n) is 7.46. The molecular weight excluding hydrogens is 330 g/mol. The number of amides is 2. The molecule has 0 saturated heterocycles. The van der Waals surface area contributed by atoms with Crippen LogP contribution in [0.2, 0.25) is 0 Å². The monoisotopic (exact) mass is 361 g/mol. The number of nitrogens with zero attached hydrogens (tertiary/aromatic N) is 1. The van der Waals surface area contributed by atoms with E-state index < -0.39 is 6.04 Å². The van der Waals surface area contributed by atoms with Crippen molar-refractivity contribution in [2.24, 2.45) is 5.41 Å². The maximum atomic E-state index is 12.2. The quantitative estimate of drug-likeness (QED) is 0.659. The zero-order valence-corrected chi connectivity index (χ0v) is 16.6. The van der Waals surface area contributed by atoms with Crippen molar-refractivity contribution in [3.63, 3.8) is 0 Å². The van der Waals surface area contributed by atoms with Crippen molar-refractivity contribution < 1.29 is 14.3 Å². The summed E-state index contributed by atoms with van der Waals surface area (Å²) in [6, 6.07) is 6.75. The minimum Gasteiger partial charge on any atom is -0.497 e. The Morgan fingerprint density at radius 3 is 2.38 bits per heavy atom. The highest BCUT2D eigenvalue weighted by atomic mass is 16.5. The Morgan fingerprint density at radius 1 is 1.23 bits per heavy atom. The minimum absolute atomic E-state index is 0.0445. The highest BCUT2D eigenvalue weighted by Crippen LogP contribution is 2.14. The van der Waals surface area contributed by atoms with Gasteiger partial charge in [-0.1, -0.05) is 26.0 Å². The van der Waals surface area contributed by atoms with Crippen LogP contribution in [0.4, 0.5) is 0 Å². The van der Waals surface area contributed by atoms with E-state index in [2.05, 4.69) is 29.4 Å². The molecule has 0 heterocycles. The molecule has 0 aliphatic rings. The lowest BCUT2D eigenvalue weighted by Gasteiger charge is -2.29. The normalized spacial score (nSPS) is 12.9. The van der Waals surface area contributed by atoms with Crippen LogP contribution in [0.5, 0.6) is 5.75 Å². The number of nitrogens with one attached hydrogen (secondary N) is 2. The van der Waals surface area contributed by atoms with Crippen molar-refractivity contribution in [2.45, 2.75) is 26.8 Å². The molecule has 2 amide bonds. The SMILES string of the molecule is COc1ccc(/C=C/C(=O)NC(C)C(=O)NCC(C)(C)CN(C)C)cc1. The molecule has 1 aromatic carbocycles. The second-order valence-corrected chi connectivity index (χ2v) is 7.46. The van der Waals surface area contributed by atoms with E-state index in [1.807, 2.05) is 38.4 Å². The van der Waals surface area contributed by atoms with E-state index >= 15 is 0 Å². The Morgan fingerprint density at radius 2 is 1.85 bits per heavy atom. The summed E-state index contributed by atoms with van der Waals surface area (Å²) in [5.41, 5.74) is 0.834. The molecule has 6 heteroatoms. The Hall–Kier alpha value is -2.34. The smallest absolute Gasteiger partial charge is 0.244 e. The summed E-state index contributed by atoms with van der Waals surface area (Å²) in [4.78, 5) is 26.3. The zero-order chi connectivity index (χ0) is 19.7. The van der Waals surface area contributed by atoms with Gasteiger partial charge in [-0.25, -0.2) is 0 Å². The van der Waals surface area contributed by atoms with Gasteiger partial charge in [-0.05, 0) is 50.2 Å². The summed E-state index contributed by atoms with van der Waals surface area (Å²) in [7, 11) is 5.61. The summed E-state index contributed by atoms with van der Waals surface area (Å²) >= 11 is 0. The molecular formula is C20H31N3O3. The molecule has 0 saturated carbocycles. The largest absolute Gasteiger partial charge is 0.497 e. The van der Waals surface area contributed by atoms with Gasteiger partial charge in [0.05, 0.1) is 7.11 Å². The van der Waals surface area contributed by atoms with Crippen LogP contribution in [0.3, 0.4) is 0 Å². The Balaban J connectivity index is 2.47. The zero-order valence-electron chi connectivity index (χ0n) is 16.6. The van der Waals surface area contributed by atoms with Crippen LogP contribution >= 0.6 is 0 Å². The summed E-state index contributed by atoms with van der Waals surface area (Å²) in [6.45, 7) is 7.26. The highest BCUT2D eigenvalue weighted by molar-refractivity contribution is 5.95. The number of carbonyl (C=O) groups is 2. The molecule has 0 bridgehead atoms. The molecule has 1 atom stereocenters. The predicted octanol–water partition coefficient (Wildman–Crippen LogP) is 1.92. The van der Waals surface area contributed by atoms with Gasteiger partial charge in [0.1, 0.15) is 11.8 Å². The number of hydrogen-bond donors (Lipinski definition) is 2. The van der Waals surface area contributed by atoms with Gasteiger partial charge in [-0.3, -0.25) is 9.59 Å². The lowest BCUT2D eigenvalue weighted by atomic mass is 9.93. The summed E-state index contributed by atoms with van der Waals surface area (Å²) in [6.07, 6.45) is 3.11. The lowest BCUT2D eigenvalue weighted by molar-refractivity contribution is -0.127. The first-order valence-electron chi connectivity index (χ1n) is 8.68. The third-order valence-corrected chi connectivity index (χ3v) is 3.78. The molecule has 0 aliphatic carbocycles. The average molecular weight is 361 g/mol. The van der Waals surface area contributed by atoms with Gasteiger partial charge in [0.15, 0.2) is 0 Å². The molecule has 2 N–H and O–H groups in total. The van der Waals surface area contributed by atoms with Gasteiger partial charge in [-0.2, -0.15) is 0 Å². The van der Waals surface area contributed by atoms with Gasteiger partial charge >= 0.3 is 0 Å². The molecule has 0 fully saturated rings. The van der Waals surface area contributed by atoms with Crippen LogP contribution in [0.25, 0.3) is 6.08 Å². The second kappa shape index (κ2) is 9.97. The first-order valence-corrected chi connectivity index (χ1v) is 8.68. The van der Waals surface area contributed by atoms with Crippen molar-refractivity contribution >= 4 is 17.9 Å². The van der Waals surface area contributed by atoms with Crippen LogP contribution in [0.15, 0.2) is 30.3 Å². The average Bonchev–Trinajstić information content (AvgIpc) is 2.57. The topological polar surface area (TPSA) is 70.7 Å². The predicted molar refractivity (Wildman–Crippen MR) is 105 cm³/mol.